The van der Waals surface area contributed by atoms with Crippen LogP contribution in [0.2, 0.25) is 10.0 Å². The van der Waals surface area contributed by atoms with E-state index in [1.807, 2.05) is 90.1 Å². The normalized spacial score (nSPS) is 12.1. The van der Waals surface area contributed by atoms with Crippen molar-refractivity contribution < 1.29 is 0 Å². The lowest BCUT2D eigenvalue weighted by Gasteiger charge is -2.20. The van der Waals surface area contributed by atoms with Crippen molar-refractivity contribution in [3.05, 3.63) is 125 Å². The number of aromatic nitrogens is 4. The van der Waals surface area contributed by atoms with Gasteiger partial charge in [-0.2, -0.15) is 5.10 Å². The first-order valence-electron chi connectivity index (χ1n) is 9.83. The Labute approximate surface area is 190 Å². The van der Waals surface area contributed by atoms with Crippen LogP contribution in [0, 0.1) is 0 Å². The van der Waals surface area contributed by atoms with Gasteiger partial charge in [0.2, 0.25) is 0 Å². The molecule has 2 aromatic heterocycles. The molecule has 0 saturated carbocycles. The van der Waals surface area contributed by atoms with Crippen molar-refractivity contribution in [3.8, 4) is 16.9 Å². The number of hydrogen-bond acceptors (Lipinski definition) is 2. The Hall–Kier alpha value is -3.34. The van der Waals surface area contributed by atoms with Crippen molar-refractivity contribution in [2.24, 2.45) is 0 Å². The maximum atomic E-state index is 6.18. The van der Waals surface area contributed by atoms with Crippen molar-refractivity contribution in [2.45, 2.75) is 6.04 Å². The SMILES string of the molecule is Clc1ccc(-c2c(C(c3ccccc3)n3ccnc3)cnn2-c2ccc(Cl)cc2)cc1. The summed E-state index contributed by atoms with van der Waals surface area (Å²) < 4.78 is 4.04. The highest BCUT2D eigenvalue weighted by Crippen LogP contribution is 2.36. The summed E-state index contributed by atoms with van der Waals surface area (Å²) in [7, 11) is 0. The maximum absolute atomic E-state index is 6.18. The lowest BCUT2D eigenvalue weighted by atomic mass is 9.96. The topological polar surface area (TPSA) is 35.6 Å². The average Bonchev–Trinajstić information content (AvgIpc) is 3.47. The van der Waals surface area contributed by atoms with Gasteiger partial charge in [-0.1, -0.05) is 65.7 Å². The predicted octanol–water partition coefficient (Wildman–Crippen LogP) is 6.68. The van der Waals surface area contributed by atoms with Crippen LogP contribution in [0.3, 0.4) is 0 Å². The number of rotatable bonds is 5. The standard InChI is InChI=1S/C25H18Cl2N4/c26-20-8-6-19(7-9-20)25-23(16-29-31(25)22-12-10-21(27)11-13-22)24(30-15-14-28-17-30)18-4-2-1-3-5-18/h1-17,24H. The summed E-state index contributed by atoms with van der Waals surface area (Å²) in [5.41, 5.74) is 5.14. The molecule has 6 heteroatoms. The van der Waals surface area contributed by atoms with E-state index in [0.717, 1.165) is 28.1 Å². The van der Waals surface area contributed by atoms with Crippen molar-refractivity contribution in [2.75, 3.05) is 0 Å². The molecule has 5 rings (SSSR count). The fourth-order valence-corrected chi connectivity index (χ4v) is 4.06. The smallest absolute Gasteiger partial charge is 0.0954 e. The fourth-order valence-electron chi connectivity index (χ4n) is 3.81. The second-order valence-corrected chi connectivity index (χ2v) is 8.04. The second kappa shape index (κ2) is 8.42. The number of nitrogens with zero attached hydrogens (tertiary/aromatic N) is 4. The monoisotopic (exact) mass is 444 g/mol. The van der Waals surface area contributed by atoms with E-state index >= 15 is 0 Å². The number of imidazole rings is 1. The zero-order valence-corrected chi connectivity index (χ0v) is 17.9. The highest BCUT2D eigenvalue weighted by Gasteiger charge is 2.24. The summed E-state index contributed by atoms with van der Waals surface area (Å²) in [6.45, 7) is 0. The molecule has 0 N–H and O–H groups in total. The minimum absolute atomic E-state index is 0.0876. The van der Waals surface area contributed by atoms with Gasteiger partial charge in [-0.05, 0) is 42.0 Å². The molecule has 0 aliphatic heterocycles. The molecule has 0 fully saturated rings. The maximum Gasteiger partial charge on any atom is 0.0954 e. The Morgan fingerprint density at radius 3 is 2.10 bits per heavy atom. The summed E-state index contributed by atoms with van der Waals surface area (Å²) in [6.07, 6.45) is 7.53. The molecule has 0 bridgehead atoms. The molecule has 1 unspecified atom stereocenters. The molecular formula is C25H18Cl2N4. The highest BCUT2D eigenvalue weighted by atomic mass is 35.5. The van der Waals surface area contributed by atoms with Crippen LogP contribution in [-0.2, 0) is 0 Å². The third-order valence-electron chi connectivity index (χ3n) is 5.22. The molecule has 5 aromatic rings. The molecule has 0 saturated heterocycles. The molecule has 31 heavy (non-hydrogen) atoms. The first-order chi connectivity index (χ1) is 15.2. The van der Waals surface area contributed by atoms with Crippen molar-refractivity contribution >= 4 is 23.2 Å². The first kappa shape index (κ1) is 19.6. The van der Waals surface area contributed by atoms with Gasteiger partial charge in [-0.25, -0.2) is 9.67 Å². The van der Waals surface area contributed by atoms with Crippen molar-refractivity contribution in [1.29, 1.82) is 0 Å². The second-order valence-electron chi connectivity index (χ2n) is 7.17. The summed E-state index contributed by atoms with van der Waals surface area (Å²) in [5, 5.41) is 6.15. The van der Waals surface area contributed by atoms with E-state index in [1.54, 1.807) is 6.20 Å². The lowest BCUT2D eigenvalue weighted by Crippen LogP contribution is -2.12. The Kier molecular flexibility index (Phi) is 5.33. The van der Waals surface area contributed by atoms with E-state index in [2.05, 4.69) is 21.7 Å². The van der Waals surface area contributed by atoms with Gasteiger partial charge in [0.15, 0.2) is 0 Å². The van der Waals surface area contributed by atoms with Crippen molar-refractivity contribution in [3.63, 3.8) is 0 Å². The number of hydrogen-bond donors (Lipinski definition) is 0. The third kappa shape index (κ3) is 3.88. The van der Waals surface area contributed by atoms with Crippen LogP contribution < -0.4 is 0 Å². The predicted molar refractivity (Wildman–Crippen MR) is 125 cm³/mol. The van der Waals surface area contributed by atoms with Gasteiger partial charge >= 0.3 is 0 Å². The van der Waals surface area contributed by atoms with Crippen LogP contribution in [0.5, 0.6) is 0 Å². The van der Waals surface area contributed by atoms with Crippen LogP contribution in [0.15, 0.2) is 104 Å². The minimum atomic E-state index is -0.0876. The van der Waals surface area contributed by atoms with Gasteiger partial charge in [-0.15, -0.1) is 0 Å². The van der Waals surface area contributed by atoms with E-state index in [-0.39, 0.29) is 6.04 Å². The molecule has 3 aromatic carbocycles. The Bertz CT molecular complexity index is 1280. The number of benzene rings is 3. The van der Waals surface area contributed by atoms with E-state index in [9.17, 15) is 0 Å². The van der Waals surface area contributed by atoms with E-state index < -0.39 is 0 Å². The summed E-state index contributed by atoms with van der Waals surface area (Å²) >= 11 is 12.3. The largest absolute Gasteiger partial charge is 0.326 e. The lowest BCUT2D eigenvalue weighted by molar-refractivity contribution is 0.678. The van der Waals surface area contributed by atoms with Gasteiger partial charge in [0.05, 0.1) is 29.9 Å². The molecule has 1 atom stereocenters. The van der Waals surface area contributed by atoms with E-state index in [0.29, 0.717) is 10.0 Å². The zero-order chi connectivity index (χ0) is 21.2. The average molecular weight is 445 g/mol. The summed E-state index contributed by atoms with van der Waals surface area (Å²) in [5.74, 6) is 0. The fraction of sp³-hybridized carbons (Fsp3) is 0.0400. The molecule has 0 radical (unpaired) electrons. The molecule has 4 nitrogen and oxygen atoms in total. The number of halogens is 2. The van der Waals surface area contributed by atoms with Gasteiger partial charge < -0.3 is 4.57 Å². The third-order valence-corrected chi connectivity index (χ3v) is 5.72. The van der Waals surface area contributed by atoms with Gasteiger partial charge in [0.25, 0.3) is 0 Å². The van der Waals surface area contributed by atoms with Crippen molar-refractivity contribution in [1.82, 2.24) is 19.3 Å². The molecular weight excluding hydrogens is 427 g/mol. The summed E-state index contributed by atoms with van der Waals surface area (Å²) in [6, 6.07) is 25.8. The highest BCUT2D eigenvalue weighted by molar-refractivity contribution is 6.30. The molecule has 2 heterocycles. The Balaban J connectivity index is 1.76. The quantitative estimate of drug-likeness (QED) is 0.303. The van der Waals surface area contributed by atoms with E-state index in [1.165, 1.54) is 0 Å². The Morgan fingerprint density at radius 1 is 0.774 bits per heavy atom. The van der Waals surface area contributed by atoms with Gasteiger partial charge in [-0.3, -0.25) is 0 Å². The summed E-state index contributed by atoms with van der Waals surface area (Å²) in [4.78, 5) is 4.29. The van der Waals surface area contributed by atoms with Crippen LogP contribution >= 0.6 is 23.2 Å². The molecule has 0 spiro atoms. The van der Waals surface area contributed by atoms with Crippen LogP contribution in [-0.4, -0.2) is 19.3 Å². The molecule has 0 aliphatic carbocycles. The van der Waals surface area contributed by atoms with E-state index in [4.69, 9.17) is 28.3 Å². The molecule has 0 amide bonds. The van der Waals surface area contributed by atoms with Gasteiger partial charge in [0.1, 0.15) is 0 Å². The minimum Gasteiger partial charge on any atom is -0.326 e. The van der Waals surface area contributed by atoms with Gasteiger partial charge in [0, 0.05) is 33.6 Å². The van der Waals surface area contributed by atoms with Crippen LogP contribution in [0.25, 0.3) is 16.9 Å². The Morgan fingerprint density at radius 2 is 1.45 bits per heavy atom. The first-order valence-corrected chi connectivity index (χ1v) is 10.6. The zero-order valence-electron chi connectivity index (χ0n) is 16.4. The van der Waals surface area contributed by atoms with Crippen LogP contribution in [0.1, 0.15) is 17.2 Å². The molecule has 152 valence electrons. The van der Waals surface area contributed by atoms with Crippen LogP contribution in [0.4, 0.5) is 0 Å². The molecule has 0 aliphatic rings.